The molecule has 0 heterocycles. The van der Waals surface area contributed by atoms with Crippen molar-refractivity contribution in [3.8, 4) is 11.5 Å². The Bertz CT molecular complexity index is 384. The summed E-state index contributed by atoms with van der Waals surface area (Å²) >= 11 is 0. The van der Waals surface area contributed by atoms with Gasteiger partial charge >= 0.3 is 0 Å². The largest absolute Gasteiger partial charge is 0.508 e. The van der Waals surface area contributed by atoms with Gasteiger partial charge in [-0.15, -0.1) is 0 Å². The van der Waals surface area contributed by atoms with E-state index in [0.29, 0.717) is 0 Å². The van der Waals surface area contributed by atoms with Crippen molar-refractivity contribution in [1.29, 1.82) is 0 Å². The summed E-state index contributed by atoms with van der Waals surface area (Å²) in [6, 6.07) is 11.0. The van der Waals surface area contributed by atoms with Gasteiger partial charge in [-0.2, -0.15) is 0 Å². The summed E-state index contributed by atoms with van der Waals surface area (Å²) in [7, 11) is 0. The molecular formula is C10H7O2. The maximum atomic E-state index is 9.12. The quantitative estimate of drug-likeness (QED) is 0.617. The van der Waals surface area contributed by atoms with Crippen molar-refractivity contribution in [1.82, 2.24) is 0 Å². The molecule has 0 amide bonds. The first-order chi connectivity index (χ1) is 5.75. The fourth-order valence-corrected chi connectivity index (χ4v) is 1.15. The average Bonchev–Trinajstić information content (AvgIpc) is 2.03. The van der Waals surface area contributed by atoms with Gasteiger partial charge in [-0.25, -0.2) is 0 Å². The van der Waals surface area contributed by atoms with Crippen LogP contribution in [0.2, 0.25) is 0 Å². The Morgan fingerprint density at radius 2 is 1.75 bits per heavy atom. The summed E-state index contributed by atoms with van der Waals surface area (Å²) in [5.74, 6) is 0.275. The molecule has 0 fully saturated rings. The van der Waals surface area contributed by atoms with Crippen LogP contribution < -0.4 is 0 Å². The van der Waals surface area contributed by atoms with Crippen molar-refractivity contribution in [2.24, 2.45) is 0 Å². The van der Waals surface area contributed by atoms with Crippen molar-refractivity contribution in [3.63, 3.8) is 0 Å². The van der Waals surface area contributed by atoms with Crippen molar-refractivity contribution in [2.45, 2.75) is 0 Å². The third-order valence-electron chi connectivity index (χ3n) is 1.72. The molecule has 12 heavy (non-hydrogen) atoms. The predicted molar refractivity (Wildman–Crippen MR) is 46.1 cm³/mol. The molecule has 0 atom stereocenters. The lowest BCUT2D eigenvalue weighted by Crippen LogP contribution is -1.72. The number of benzene rings is 2. The average molecular weight is 159 g/mol. The minimum absolute atomic E-state index is 0.0908. The van der Waals surface area contributed by atoms with E-state index in [1.54, 1.807) is 30.3 Å². The van der Waals surface area contributed by atoms with E-state index in [2.05, 4.69) is 6.07 Å². The molecule has 0 bridgehead atoms. The normalized spacial score (nSPS) is 10.3. The van der Waals surface area contributed by atoms with Crippen LogP contribution in [-0.4, -0.2) is 10.2 Å². The zero-order valence-electron chi connectivity index (χ0n) is 6.28. The van der Waals surface area contributed by atoms with Gasteiger partial charge in [-0.3, -0.25) is 0 Å². The third-order valence-corrected chi connectivity index (χ3v) is 1.72. The lowest BCUT2D eigenvalue weighted by atomic mass is 10.1. The maximum Gasteiger partial charge on any atom is 0.124 e. The van der Waals surface area contributed by atoms with Gasteiger partial charge < -0.3 is 10.2 Å². The summed E-state index contributed by atoms with van der Waals surface area (Å²) in [5, 5.41) is 19.9. The van der Waals surface area contributed by atoms with Crippen LogP contribution in [0.15, 0.2) is 30.3 Å². The first-order valence-corrected chi connectivity index (χ1v) is 3.60. The summed E-state index contributed by atoms with van der Waals surface area (Å²) in [6.07, 6.45) is 0. The van der Waals surface area contributed by atoms with E-state index >= 15 is 0 Å². The lowest BCUT2D eigenvalue weighted by Gasteiger charge is -1.97. The second-order valence-electron chi connectivity index (χ2n) is 2.62. The standard InChI is InChI=1S/C10H7O2/c11-9-3-1-7-2-4-10(12)6-8(7)5-9/h1-5,11-12H. The van der Waals surface area contributed by atoms with Gasteiger partial charge in [-0.1, -0.05) is 12.1 Å². The van der Waals surface area contributed by atoms with Gasteiger partial charge in [-0.05, 0) is 29.0 Å². The third kappa shape index (κ3) is 1.07. The highest BCUT2D eigenvalue weighted by molar-refractivity contribution is 5.84. The van der Waals surface area contributed by atoms with Crippen LogP contribution in [0.4, 0.5) is 0 Å². The van der Waals surface area contributed by atoms with Crippen molar-refractivity contribution < 1.29 is 10.2 Å². The maximum absolute atomic E-state index is 9.12. The highest BCUT2D eigenvalue weighted by atomic mass is 16.3. The fourth-order valence-electron chi connectivity index (χ4n) is 1.15. The van der Waals surface area contributed by atoms with Crippen LogP contribution in [0.25, 0.3) is 10.8 Å². The molecule has 2 aromatic rings. The molecule has 2 aromatic carbocycles. The second-order valence-corrected chi connectivity index (χ2v) is 2.62. The van der Waals surface area contributed by atoms with E-state index in [1.165, 1.54) is 0 Å². The van der Waals surface area contributed by atoms with E-state index in [9.17, 15) is 0 Å². The lowest BCUT2D eigenvalue weighted by molar-refractivity contribution is 0.474. The molecule has 0 aromatic heterocycles. The highest BCUT2D eigenvalue weighted by Crippen LogP contribution is 2.22. The van der Waals surface area contributed by atoms with Crippen LogP contribution >= 0.6 is 0 Å². The number of phenolic OH excluding ortho intramolecular Hbond substituents is 2. The number of aromatic hydroxyl groups is 2. The zero-order chi connectivity index (χ0) is 8.55. The summed E-state index contributed by atoms with van der Waals surface area (Å²) in [6.45, 7) is 0. The Balaban J connectivity index is 2.80. The van der Waals surface area contributed by atoms with Gasteiger partial charge in [0.15, 0.2) is 0 Å². The molecular weight excluding hydrogens is 152 g/mol. The minimum Gasteiger partial charge on any atom is -0.508 e. The first kappa shape index (κ1) is 6.98. The Hall–Kier alpha value is -1.70. The van der Waals surface area contributed by atoms with E-state index in [-0.39, 0.29) is 11.5 Å². The molecule has 0 spiro atoms. The molecule has 0 aliphatic heterocycles. The smallest absolute Gasteiger partial charge is 0.124 e. The molecule has 0 saturated heterocycles. The van der Waals surface area contributed by atoms with Gasteiger partial charge in [0.05, 0.1) is 0 Å². The van der Waals surface area contributed by atoms with Gasteiger partial charge in [0.2, 0.25) is 0 Å². The summed E-state index contributed by atoms with van der Waals surface area (Å²) < 4.78 is 0. The summed E-state index contributed by atoms with van der Waals surface area (Å²) in [5.41, 5.74) is 0. The molecule has 2 nitrogen and oxygen atoms in total. The molecule has 59 valence electrons. The molecule has 2 heteroatoms. The molecule has 1 radical (unpaired) electrons. The molecule has 2 rings (SSSR count). The van der Waals surface area contributed by atoms with Crippen molar-refractivity contribution in [3.05, 3.63) is 36.4 Å². The van der Waals surface area contributed by atoms with Gasteiger partial charge in [0, 0.05) is 6.07 Å². The number of hydrogen-bond donors (Lipinski definition) is 2. The number of rotatable bonds is 0. The molecule has 0 saturated carbocycles. The Kier molecular flexibility index (Phi) is 1.40. The molecule has 0 unspecified atom stereocenters. The second kappa shape index (κ2) is 2.41. The first-order valence-electron chi connectivity index (χ1n) is 3.60. The monoisotopic (exact) mass is 159 g/mol. The van der Waals surface area contributed by atoms with E-state index in [0.717, 1.165) is 10.8 Å². The fraction of sp³-hybridized carbons (Fsp3) is 0. The van der Waals surface area contributed by atoms with Crippen LogP contribution in [0.5, 0.6) is 11.5 Å². The topological polar surface area (TPSA) is 40.5 Å². The van der Waals surface area contributed by atoms with Crippen LogP contribution in [0.3, 0.4) is 0 Å². The van der Waals surface area contributed by atoms with Crippen LogP contribution in [0.1, 0.15) is 0 Å². The van der Waals surface area contributed by atoms with E-state index in [1.807, 2.05) is 0 Å². The zero-order valence-corrected chi connectivity index (χ0v) is 6.28. The van der Waals surface area contributed by atoms with Crippen LogP contribution in [0, 0.1) is 6.07 Å². The minimum atomic E-state index is 0.0908. The predicted octanol–water partition coefficient (Wildman–Crippen LogP) is 2.05. The van der Waals surface area contributed by atoms with Crippen molar-refractivity contribution in [2.75, 3.05) is 0 Å². The van der Waals surface area contributed by atoms with Gasteiger partial charge in [0.1, 0.15) is 11.5 Å². The molecule has 2 N–H and O–H groups in total. The Morgan fingerprint density at radius 3 is 2.58 bits per heavy atom. The number of phenols is 2. The number of fused-ring (bicyclic) bond motifs is 1. The SMILES string of the molecule is Oc1[c]c2cc(O)ccc2cc1. The van der Waals surface area contributed by atoms with Crippen LogP contribution in [-0.2, 0) is 0 Å². The number of hydrogen-bond acceptors (Lipinski definition) is 2. The molecule has 0 aliphatic carbocycles. The summed E-state index contributed by atoms with van der Waals surface area (Å²) in [4.78, 5) is 0. The van der Waals surface area contributed by atoms with E-state index < -0.39 is 0 Å². The van der Waals surface area contributed by atoms with Crippen molar-refractivity contribution >= 4 is 10.8 Å². The van der Waals surface area contributed by atoms with Gasteiger partial charge in [0.25, 0.3) is 0 Å². The molecule has 0 aliphatic rings. The highest BCUT2D eigenvalue weighted by Gasteiger charge is 1.96. The van der Waals surface area contributed by atoms with E-state index in [4.69, 9.17) is 10.2 Å². The Labute approximate surface area is 69.7 Å². The Morgan fingerprint density at radius 1 is 1.00 bits per heavy atom.